The number of carboxylic acids is 1. The predicted molar refractivity (Wildman–Crippen MR) is 161 cm³/mol. The van der Waals surface area contributed by atoms with Crippen molar-refractivity contribution in [2.75, 3.05) is 32.3 Å². The molecular weight excluding hydrogens is 534 g/mol. The Labute approximate surface area is 247 Å². The van der Waals surface area contributed by atoms with Crippen molar-refractivity contribution < 1.29 is 33.6 Å². The Morgan fingerprint density at radius 1 is 0.976 bits per heavy atom. The van der Waals surface area contributed by atoms with E-state index in [4.69, 9.17) is 18.9 Å². The van der Waals surface area contributed by atoms with E-state index in [1.807, 2.05) is 45.9 Å². The van der Waals surface area contributed by atoms with Gasteiger partial charge in [0.2, 0.25) is 0 Å². The summed E-state index contributed by atoms with van der Waals surface area (Å²) in [6.45, 7) is 10.7. The lowest BCUT2D eigenvalue weighted by Crippen LogP contribution is -2.29. The van der Waals surface area contributed by atoms with Crippen molar-refractivity contribution in [3.8, 4) is 28.4 Å². The molecule has 0 aliphatic carbocycles. The number of methoxy groups -OCH3 is 2. The fourth-order valence-electron chi connectivity index (χ4n) is 6.14. The van der Waals surface area contributed by atoms with Crippen LogP contribution in [0.15, 0.2) is 36.4 Å². The van der Waals surface area contributed by atoms with Gasteiger partial charge >= 0.3 is 5.97 Å². The van der Waals surface area contributed by atoms with Crippen LogP contribution in [0.3, 0.4) is 0 Å². The number of hydrogen-bond acceptors (Lipinski definition) is 6. The van der Waals surface area contributed by atoms with Crippen LogP contribution in [0, 0.1) is 13.8 Å². The molecule has 0 saturated carbocycles. The van der Waals surface area contributed by atoms with Crippen LogP contribution in [0.5, 0.6) is 17.2 Å². The Balaban J connectivity index is 1.72. The van der Waals surface area contributed by atoms with Crippen molar-refractivity contribution in [1.82, 2.24) is 0 Å². The van der Waals surface area contributed by atoms with E-state index in [9.17, 15) is 14.7 Å². The Kier molecular flexibility index (Phi) is 7.94. The normalized spacial score (nSPS) is 15.0. The molecule has 1 atom stereocenters. The van der Waals surface area contributed by atoms with Crippen LogP contribution in [0.25, 0.3) is 11.1 Å². The Bertz CT molecular complexity index is 1550. The predicted octanol–water partition coefficient (Wildman–Crippen LogP) is 6.46. The van der Waals surface area contributed by atoms with Gasteiger partial charge in [0.1, 0.15) is 5.75 Å². The molecule has 0 spiro atoms. The maximum atomic E-state index is 13.9. The second kappa shape index (κ2) is 11.3. The van der Waals surface area contributed by atoms with Gasteiger partial charge in [0.05, 0.1) is 26.4 Å². The number of rotatable bonds is 7. The fourth-order valence-corrected chi connectivity index (χ4v) is 6.14. The van der Waals surface area contributed by atoms with Crippen LogP contribution in [-0.2, 0) is 22.4 Å². The van der Waals surface area contributed by atoms with E-state index in [2.05, 4.69) is 6.92 Å². The molecule has 0 fully saturated rings. The summed E-state index contributed by atoms with van der Waals surface area (Å²) in [5.74, 6) is 0.683. The van der Waals surface area contributed by atoms with Gasteiger partial charge < -0.3 is 29.0 Å². The third-order valence-electron chi connectivity index (χ3n) is 8.02. The molecular formula is C34H39NO7. The number of benzene rings is 3. The van der Waals surface area contributed by atoms with Gasteiger partial charge in [-0.25, -0.2) is 4.79 Å². The van der Waals surface area contributed by atoms with Crippen LogP contribution < -0.4 is 19.1 Å². The molecule has 222 valence electrons. The van der Waals surface area contributed by atoms with Gasteiger partial charge in [0.25, 0.3) is 5.91 Å². The number of amides is 1. The molecule has 0 aromatic heterocycles. The number of ether oxygens (including phenoxy) is 4. The lowest BCUT2D eigenvalue weighted by molar-refractivity contribution is -0.160. The van der Waals surface area contributed by atoms with Crippen molar-refractivity contribution in [2.45, 2.75) is 65.6 Å². The average Bonchev–Trinajstić information content (AvgIpc) is 3.38. The molecule has 0 saturated heterocycles. The highest BCUT2D eigenvalue weighted by atomic mass is 16.5. The maximum Gasteiger partial charge on any atom is 0.337 e. The molecule has 3 aromatic carbocycles. The number of carbonyl (C=O) groups excluding carboxylic acids is 1. The largest absolute Gasteiger partial charge is 0.493 e. The van der Waals surface area contributed by atoms with Gasteiger partial charge in [0.15, 0.2) is 17.6 Å². The molecule has 3 aromatic rings. The lowest BCUT2D eigenvalue weighted by Gasteiger charge is -2.30. The number of nitrogens with zero attached hydrogens (tertiary/aromatic N) is 1. The van der Waals surface area contributed by atoms with Crippen molar-refractivity contribution in [3.63, 3.8) is 0 Å². The van der Waals surface area contributed by atoms with Gasteiger partial charge in [-0.05, 0) is 118 Å². The smallest absolute Gasteiger partial charge is 0.337 e. The third kappa shape index (κ3) is 5.31. The highest BCUT2D eigenvalue weighted by Gasteiger charge is 2.37. The van der Waals surface area contributed by atoms with E-state index in [1.54, 1.807) is 37.3 Å². The van der Waals surface area contributed by atoms with Crippen LogP contribution >= 0.6 is 0 Å². The Morgan fingerprint density at radius 2 is 1.71 bits per heavy atom. The number of carbonyl (C=O) groups is 2. The van der Waals surface area contributed by atoms with Crippen LogP contribution in [0.1, 0.15) is 71.5 Å². The molecule has 2 aliphatic heterocycles. The molecule has 5 rings (SSSR count). The van der Waals surface area contributed by atoms with Gasteiger partial charge in [0, 0.05) is 23.4 Å². The van der Waals surface area contributed by atoms with Crippen LogP contribution in [0.4, 0.5) is 5.69 Å². The molecule has 1 amide bonds. The molecule has 8 heteroatoms. The number of anilines is 1. The second-order valence-electron chi connectivity index (χ2n) is 11.9. The summed E-state index contributed by atoms with van der Waals surface area (Å²) in [5.41, 5.74) is 6.84. The molecule has 0 radical (unpaired) electrons. The van der Waals surface area contributed by atoms with Crippen LogP contribution in [0.2, 0.25) is 0 Å². The van der Waals surface area contributed by atoms with E-state index >= 15 is 0 Å². The van der Waals surface area contributed by atoms with Gasteiger partial charge in [-0.15, -0.1) is 0 Å². The summed E-state index contributed by atoms with van der Waals surface area (Å²) in [7, 11) is 3.10. The van der Waals surface area contributed by atoms with Crippen LogP contribution in [-0.4, -0.2) is 50.0 Å². The fraction of sp³-hybridized carbons (Fsp3) is 0.412. The Hall–Kier alpha value is -4.04. The number of aryl methyl sites for hydroxylation is 1. The third-order valence-corrected chi connectivity index (χ3v) is 8.02. The minimum absolute atomic E-state index is 0.163. The first kappa shape index (κ1) is 29.5. The SMILES string of the molecule is COc1ccc(C(=O)N2CCc3c2cc(C)c(C(OC(C)(C)C)C(=O)O)c3-c2ccc3c(c2C)CCCO3)cc1OC. The molecule has 42 heavy (non-hydrogen) atoms. The first-order valence-electron chi connectivity index (χ1n) is 14.3. The average molecular weight is 574 g/mol. The van der Waals surface area contributed by atoms with Crippen molar-refractivity contribution in [2.24, 2.45) is 0 Å². The summed E-state index contributed by atoms with van der Waals surface area (Å²) >= 11 is 0. The van der Waals surface area contributed by atoms with Crippen molar-refractivity contribution >= 4 is 17.6 Å². The zero-order chi connectivity index (χ0) is 30.3. The van der Waals surface area contributed by atoms with E-state index in [1.165, 1.54) is 0 Å². The highest BCUT2D eigenvalue weighted by Crippen LogP contribution is 2.47. The van der Waals surface area contributed by atoms with E-state index in [0.29, 0.717) is 42.2 Å². The van der Waals surface area contributed by atoms with Gasteiger partial charge in [-0.1, -0.05) is 6.07 Å². The number of fused-ring (bicyclic) bond motifs is 2. The standard InChI is InChI=1S/C34H39NO7/c1-19-17-25-24(14-15-35(25)32(36)21-10-12-27(39-6)28(18-21)40-7)30(29(19)31(33(37)38)42-34(3,4)5)23-11-13-26-22(20(23)2)9-8-16-41-26/h10-13,17-18,31H,8-9,14-16H2,1-7H3,(H,37,38). The summed E-state index contributed by atoms with van der Waals surface area (Å²) in [5, 5.41) is 10.4. The summed E-state index contributed by atoms with van der Waals surface area (Å²) in [6.07, 6.45) is 1.20. The summed E-state index contributed by atoms with van der Waals surface area (Å²) in [6, 6.07) is 11.1. The van der Waals surface area contributed by atoms with Crippen molar-refractivity contribution in [3.05, 3.63) is 69.8 Å². The first-order valence-corrected chi connectivity index (χ1v) is 14.3. The monoisotopic (exact) mass is 573 g/mol. The number of hydrogen-bond donors (Lipinski definition) is 1. The molecule has 8 nitrogen and oxygen atoms in total. The minimum Gasteiger partial charge on any atom is -0.493 e. The maximum absolute atomic E-state index is 13.9. The van der Waals surface area contributed by atoms with E-state index < -0.39 is 17.7 Å². The first-order chi connectivity index (χ1) is 19.9. The van der Waals surface area contributed by atoms with Gasteiger partial charge in [-0.3, -0.25) is 4.79 Å². The zero-order valence-corrected chi connectivity index (χ0v) is 25.4. The minimum atomic E-state index is -1.19. The number of carboxylic acid groups (broad SMARTS) is 1. The van der Waals surface area contributed by atoms with E-state index in [0.717, 1.165) is 57.7 Å². The van der Waals surface area contributed by atoms with Crippen molar-refractivity contribution in [1.29, 1.82) is 0 Å². The zero-order valence-electron chi connectivity index (χ0n) is 25.4. The van der Waals surface area contributed by atoms with Gasteiger partial charge in [-0.2, -0.15) is 0 Å². The molecule has 1 N–H and O–H groups in total. The quantitative estimate of drug-likeness (QED) is 0.347. The number of aliphatic carboxylic acids is 1. The molecule has 2 heterocycles. The summed E-state index contributed by atoms with van der Waals surface area (Å²) in [4.78, 5) is 28.4. The lowest BCUT2D eigenvalue weighted by atomic mass is 9.83. The topological polar surface area (TPSA) is 94.5 Å². The van der Waals surface area contributed by atoms with E-state index in [-0.39, 0.29) is 5.91 Å². The Morgan fingerprint density at radius 3 is 2.38 bits per heavy atom. The molecule has 0 bridgehead atoms. The molecule has 1 unspecified atom stereocenters. The second-order valence-corrected chi connectivity index (χ2v) is 11.9. The highest BCUT2D eigenvalue weighted by molar-refractivity contribution is 6.08. The molecule has 2 aliphatic rings. The summed E-state index contributed by atoms with van der Waals surface area (Å²) < 4.78 is 22.9.